The number of halogens is 3. The number of carbonyl (C=O) groups excluding carboxylic acids is 1. The predicted molar refractivity (Wildman–Crippen MR) is 56.9 cm³/mol. The van der Waals surface area contributed by atoms with Crippen LogP contribution < -0.4 is 10.5 Å². The molecule has 0 unspecified atom stereocenters. The number of hydrogen-bond donors (Lipinski definition) is 1. The van der Waals surface area contributed by atoms with E-state index in [4.69, 9.17) is 5.73 Å². The SMILES string of the molecule is NC(=O)Oc1c(F)ccc(Br)c1CBr. The van der Waals surface area contributed by atoms with Crippen LogP contribution in [0.15, 0.2) is 16.6 Å². The van der Waals surface area contributed by atoms with Crippen molar-refractivity contribution in [2.75, 3.05) is 0 Å². The molecule has 1 rings (SSSR count). The summed E-state index contributed by atoms with van der Waals surface area (Å²) in [6.07, 6.45) is -1.04. The van der Waals surface area contributed by atoms with Crippen LogP contribution in [0.1, 0.15) is 5.56 Å². The molecular weight excluding hydrogens is 321 g/mol. The molecule has 6 heteroatoms. The molecule has 1 amide bonds. The Balaban J connectivity index is 3.22. The number of carbonyl (C=O) groups is 1. The summed E-state index contributed by atoms with van der Waals surface area (Å²) in [6, 6.07) is 2.72. The second-order valence-corrected chi connectivity index (χ2v) is 3.81. The first-order valence-corrected chi connectivity index (χ1v) is 5.47. The van der Waals surface area contributed by atoms with E-state index in [0.29, 0.717) is 15.4 Å². The zero-order chi connectivity index (χ0) is 10.7. The summed E-state index contributed by atoms with van der Waals surface area (Å²) in [6.45, 7) is 0. The van der Waals surface area contributed by atoms with E-state index in [9.17, 15) is 9.18 Å². The first kappa shape index (κ1) is 11.5. The van der Waals surface area contributed by atoms with Crippen LogP contribution in [0.2, 0.25) is 0 Å². The van der Waals surface area contributed by atoms with Gasteiger partial charge in [-0.15, -0.1) is 0 Å². The van der Waals surface area contributed by atoms with Crippen molar-refractivity contribution < 1.29 is 13.9 Å². The highest BCUT2D eigenvalue weighted by Gasteiger charge is 2.14. The highest BCUT2D eigenvalue weighted by atomic mass is 79.9. The second kappa shape index (κ2) is 4.75. The van der Waals surface area contributed by atoms with Gasteiger partial charge in [-0.1, -0.05) is 31.9 Å². The summed E-state index contributed by atoms with van der Waals surface area (Å²) in [5.41, 5.74) is 5.31. The van der Waals surface area contributed by atoms with Gasteiger partial charge in [-0.25, -0.2) is 9.18 Å². The lowest BCUT2D eigenvalue weighted by Crippen LogP contribution is -2.18. The van der Waals surface area contributed by atoms with Crippen molar-refractivity contribution in [3.8, 4) is 5.75 Å². The highest BCUT2D eigenvalue weighted by Crippen LogP contribution is 2.31. The van der Waals surface area contributed by atoms with E-state index >= 15 is 0 Å². The van der Waals surface area contributed by atoms with Crippen LogP contribution in [0, 0.1) is 5.82 Å². The monoisotopic (exact) mass is 325 g/mol. The molecule has 0 saturated heterocycles. The number of primary amides is 1. The van der Waals surface area contributed by atoms with Crippen LogP contribution in [0.25, 0.3) is 0 Å². The van der Waals surface area contributed by atoms with Crippen molar-refractivity contribution in [3.63, 3.8) is 0 Å². The van der Waals surface area contributed by atoms with Crippen LogP contribution in [-0.2, 0) is 5.33 Å². The molecule has 0 radical (unpaired) electrons. The molecule has 0 spiro atoms. The van der Waals surface area contributed by atoms with Gasteiger partial charge >= 0.3 is 6.09 Å². The van der Waals surface area contributed by atoms with Gasteiger partial charge in [0.2, 0.25) is 0 Å². The molecule has 0 aliphatic rings. The van der Waals surface area contributed by atoms with Gasteiger partial charge < -0.3 is 10.5 Å². The number of hydrogen-bond acceptors (Lipinski definition) is 2. The Bertz CT molecular complexity index is 371. The van der Waals surface area contributed by atoms with E-state index < -0.39 is 11.9 Å². The predicted octanol–water partition coefficient (Wildman–Crippen LogP) is 2.94. The quantitative estimate of drug-likeness (QED) is 0.849. The smallest absolute Gasteiger partial charge is 0.407 e. The minimum Gasteiger partial charge on any atom is -0.407 e. The van der Waals surface area contributed by atoms with E-state index in [-0.39, 0.29) is 5.75 Å². The standard InChI is InChI=1S/C8H6Br2FNO2/c9-3-4-5(10)1-2-6(11)7(4)14-8(12)13/h1-2H,3H2,(H2,12,13). The van der Waals surface area contributed by atoms with Crippen molar-refractivity contribution in [1.29, 1.82) is 0 Å². The Labute approximate surface area is 96.7 Å². The minimum absolute atomic E-state index is 0.149. The summed E-state index contributed by atoms with van der Waals surface area (Å²) in [5.74, 6) is -0.773. The molecule has 0 aromatic heterocycles. The molecule has 76 valence electrons. The van der Waals surface area contributed by atoms with Crippen molar-refractivity contribution in [1.82, 2.24) is 0 Å². The van der Waals surface area contributed by atoms with Gasteiger partial charge in [0.05, 0.1) is 0 Å². The van der Waals surface area contributed by atoms with Gasteiger partial charge in [-0.2, -0.15) is 0 Å². The normalized spacial score (nSPS) is 9.93. The van der Waals surface area contributed by atoms with Crippen LogP contribution in [-0.4, -0.2) is 6.09 Å². The zero-order valence-electron chi connectivity index (χ0n) is 6.89. The van der Waals surface area contributed by atoms with Crippen molar-refractivity contribution >= 4 is 38.0 Å². The minimum atomic E-state index is -1.04. The number of nitrogens with two attached hydrogens (primary N) is 1. The summed E-state index contributed by atoms with van der Waals surface area (Å²) in [7, 11) is 0. The fourth-order valence-electron chi connectivity index (χ4n) is 0.911. The van der Waals surface area contributed by atoms with Crippen LogP contribution >= 0.6 is 31.9 Å². The molecule has 0 aliphatic carbocycles. The molecule has 0 bridgehead atoms. The van der Waals surface area contributed by atoms with E-state index in [0.717, 1.165) is 0 Å². The molecule has 1 aromatic rings. The number of rotatable bonds is 2. The molecule has 14 heavy (non-hydrogen) atoms. The first-order chi connectivity index (χ1) is 6.56. The maximum Gasteiger partial charge on any atom is 0.410 e. The average Bonchev–Trinajstić information content (AvgIpc) is 2.11. The maximum absolute atomic E-state index is 13.2. The van der Waals surface area contributed by atoms with Crippen LogP contribution in [0.4, 0.5) is 9.18 Å². The molecule has 1 aromatic carbocycles. The van der Waals surface area contributed by atoms with Crippen molar-refractivity contribution in [2.45, 2.75) is 5.33 Å². The number of alkyl halides is 1. The third-order valence-corrected chi connectivity index (χ3v) is 2.80. The Morgan fingerprint density at radius 1 is 1.57 bits per heavy atom. The second-order valence-electron chi connectivity index (χ2n) is 2.39. The lowest BCUT2D eigenvalue weighted by atomic mass is 10.2. The molecule has 0 atom stereocenters. The van der Waals surface area contributed by atoms with E-state index in [2.05, 4.69) is 36.6 Å². The Morgan fingerprint density at radius 2 is 2.21 bits per heavy atom. The lowest BCUT2D eigenvalue weighted by Gasteiger charge is -2.08. The third-order valence-electron chi connectivity index (χ3n) is 1.49. The highest BCUT2D eigenvalue weighted by molar-refractivity contribution is 9.10. The molecule has 0 aliphatic heterocycles. The van der Waals surface area contributed by atoms with Gasteiger partial charge in [-0.3, -0.25) is 0 Å². The van der Waals surface area contributed by atoms with Crippen LogP contribution in [0.5, 0.6) is 5.75 Å². The Morgan fingerprint density at radius 3 is 2.71 bits per heavy atom. The van der Waals surface area contributed by atoms with Gasteiger partial charge in [0.25, 0.3) is 0 Å². The molecule has 0 saturated carbocycles. The largest absolute Gasteiger partial charge is 0.410 e. The Kier molecular flexibility index (Phi) is 3.88. The fraction of sp³-hybridized carbons (Fsp3) is 0.125. The van der Waals surface area contributed by atoms with E-state index in [1.165, 1.54) is 12.1 Å². The lowest BCUT2D eigenvalue weighted by molar-refractivity contribution is 0.208. The number of benzene rings is 1. The molecule has 3 nitrogen and oxygen atoms in total. The topological polar surface area (TPSA) is 52.3 Å². The van der Waals surface area contributed by atoms with Crippen molar-refractivity contribution in [2.24, 2.45) is 5.73 Å². The summed E-state index contributed by atoms with van der Waals surface area (Å²) < 4.78 is 18.4. The first-order valence-electron chi connectivity index (χ1n) is 3.56. The summed E-state index contributed by atoms with van der Waals surface area (Å²) in [4.78, 5) is 10.5. The molecule has 0 fully saturated rings. The van der Waals surface area contributed by atoms with Gasteiger partial charge in [0.1, 0.15) is 0 Å². The van der Waals surface area contributed by atoms with Gasteiger partial charge in [0.15, 0.2) is 11.6 Å². The number of amides is 1. The van der Waals surface area contributed by atoms with Crippen LogP contribution in [0.3, 0.4) is 0 Å². The Hall–Kier alpha value is -0.620. The van der Waals surface area contributed by atoms with E-state index in [1.54, 1.807) is 0 Å². The molecule has 0 heterocycles. The molecular formula is C8H6Br2FNO2. The maximum atomic E-state index is 13.2. The van der Waals surface area contributed by atoms with Crippen molar-refractivity contribution in [3.05, 3.63) is 28.0 Å². The van der Waals surface area contributed by atoms with Gasteiger partial charge in [-0.05, 0) is 12.1 Å². The number of ether oxygens (including phenoxy) is 1. The average molecular weight is 327 g/mol. The van der Waals surface area contributed by atoms with Gasteiger partial charge in [0, 0.05) is 15.4 Å². The zero-order valence-corrected chi connectivity index (χ0v) is 10.1. The fourth-order valence-corrected chi connectivity index (χ4v) is 2.30. The third kappa shape index (κ3) is 2.45. The summed E-state index contributed by atoms with van der Waals surface area (Å²) in [5, 5.41) is 0.355. The summed E-state index contributed by atoms with van der Waals surface area (Å²) >= 11 is 6.36. The molecule has 2 N–H and O–H groups in total. The van der Waals surface area contributed by atoms with E-state index in [1.807, 2.05) is 0 Å².